The molecule has 2 rings (SSSR count). The summed E-state index contributed by atoms with van der Waals surface area (Å²) in [6.45, 7) is 7.75. The molecule has 0 bridgehead atoms. The molecule has 1 fully saturated rings. The van der Waals surface area contributed by atoms with E-state index in [4.69, 9.17) is 0 Å². The standard InChI is InChI=1S/C19H27F2NO/c1-5-14-15(17(23)6-2)10-13(11-16(14)18(20)21)12(3)22-19(4)8-7-9-19/h10-12,18,22H,5-9H2,1-4H3. The van der Waals surface area contributed by atoms with E-state index in [9.17, 15) is 13.6 Å². The first-order valence-electron chi connectivity index (χ1n) is 8.57. The van der Waals surface area contributed by atoms with Crippen LogP contribution in [0.4, 0.5) is 8.78 Å². The first-order chi connectivity index (χ1) is 10.8. The Hall–Kier alpha value is -1.29. The number of rotatable bonds is 7. The maximum atomic E-state index is 13.5. The Morgan fingerprint density at radius 1 is 1.30 bits per heavy atom. The largest absolute Gasteiger partial charge is 0.305 e. The second kappa shape index (κ2) is 7.08. The highest BCUT2D eigenvalue weighted by atomic mass is 19.3. The molecular weight excluding hydrogens is 296 g/mol. The van der Waals surface area contributed by atoms with E-state index in [-0.39, 0.29) is 22.9 Å². The monoisotopic (exact) mass is 323 g/mol. The highest BCUT2D eigenvalue weighted by Gasteiger charge is 2.33. The van der Waals surface area contributed by atoms with E-state index in [1.165, 1.54) is 6.42 Å². The number of hydrogen-bond acceptors (Lipinski definition) is 2. The van der Waals surface area contributed by atoms with Gasteiger partial charge in [0.1, 0.15) is 0 Å². The van der Waals surface area contributed by atoms with Crippen molar-refractivity contribution in [2.45, 2.75) is 77.8 Å². The summed E-state index contributed by atoms with van der Waals surface area (Å²) in [5.41, 5.74) is 1.84. The van der Waals surface area contributed by atoms with Crippen LogP contribution in [-0.4, -0.2) is 11.3 Å². The van der Waals surface area contributed by atoms with Crippen LogP contribution in [0.15, 0.2) is 12.1 Å². The predicted octanol–water partition coefficient (Wildman–Crippen LogP) is 5.37. The van der Waals surface area contributed by atoms with E-state index in [1.54, 1.807) is 13.0 Å². The normalized spacial score (nSPS) is 17.9. The third-order valence-corrected chi connectivity index (χ3v) is 5.04. The molecular formula is C19H27F2NO. The molecule has 0 amide bonds. The highest BCUT2D eigenvalue weighted by Crippen LogP contribution is 2.35. The van der Waals surface area contributed by atoms with Gasteiger partial charge in [0.2, 0.25) is 0 Å². The maximum Gasteiger partial charge on any atom is 0.264 e. The van der Waals surface area contributed by atoms with Crippen LogP contribution in [0.25, 0.3) is 0 Å². The van der Waals surface area contributed by atoms with Crippen LogP contribution >= 0.6 is 0 Å². The zero-order valence-corrected chi connectivity index (χ0v) is 14.5. The van der Waals surface area contributed by atoms with E-state index >= 15 is 0 Å². The number of benzene rings is 1. The fraction of sp³-hybridized carbons (Fsp3) is 0.632. The Kier molecular flexibility index (Phi) is 5.56. The molecule has 0 spiro atoms. The minimum absolute atomic E-state index is 0.00853. The lowest BCUT2D eigenvalue weighted by atomic mass is 9.77. The summed E-state index contributed by atoms with van der Waals surface area (Å²) in [7, 11) is 0. The average molecular weight is 323 g/mol. The highest BCUT2D eigenvalue weighted by molar-refractivity contribution is 5.97. The third-order valence-electron chi connectivity index (χ3n) is 5.04. The summed E-state index contributed by atoms with van der Waals surface area (Å²) >= 11 is 0. The molecule has 1 aliphatic carbocycles. The van der Waals surface area contributed by atoms with Crippen LogP contribution < -0.4 is 5.32 Å². The van der Waals surface area contributed by atoms with Gasteiger partial charge in [-0.15, -0.1) is 0 Å². The van der Waals surface area contributed by atoms with Crippen LogP contribution in [-0.2, 0) is 6.42 Å². The number of hydrogen-bond donors (Lipinski definition) is 1. The molecule has 0 heterocycles. The fourth-order valence-electron chi connectivity index (χ4n) is 3.45. The molecule has 1 aromatic carbocycles. The van der Waals surface area contributed by atoms with Crippen molar-refractivity contribution in [1.82, 2.24) is 5.32 Å². The molecule has 0 aromatic heterocycles. The van der Waals surface area contributed by atoms with Crippen LogP contribution in [0.1, 0.15) is 92.9 Å². The molecule has 1 aliphatic rings. The van der Waals surface area contributed by atoms with Crippen molar-refractivity contribution in [3.8, 4) is 0 Å². The summed E-state index contributed by atoms with van der Waals surface area (Å²) in [5, 5.41) is 3.54. The molecule has 0 radical (unpaired) electrons. The second-order valence-electron chi connectivity index (χ2n) is 6.85. The third kappa shape index (κ3) is 3.79. The van der Waals surface area contributed by atoms with E-state index in [0.717, 1.165) is 18.4 Å². The molecule has 0 aliphatic heterocycles. The average Bonchev–Trinajstić information content (AvgIpc) is 2.50. The molecule has 128 valence electrons. The van der Waals surface area contributed by atoms with Gasteiger partial charge in [0.25, 0.3) is 6.43 Å². The topological polar surface area (TPSA) is 29.1 Å². The van der Waals surface area contributed by atoms with Crippen molar-refractivity contribution in [2.75, 3.05) is 0 Å². The molecule has 1 aromatic rings. The Bertz CT molecular complexity index is 579. The van der Waals surface area contributed by atoms with Gasteiger partial charge in [0, 0.05) is 29.1 Å². The van der Waals surface area contributed by atoms with Gasteiger partial charge in [-0.2, -0.15) is 0 Å². The lowest BCUT2D eigenvalue weighted by Gasteiger charge is -2.42. The van der Waals surface area contributed by atoms with Crippen molar-refractivity contribution in [3.05, 3.63) is 34.4 Å². The van der Waals surface area contributed by atoms with Crippen LogP contribution in [0.3, 0.4) is 0 Å². The van der Waals surface area contributed by atoms with Crippen molar-refractivity contribution >= 4 is 5.78 Å². The number of Topliss-reactive ketones (excluding diaryl/α,β-unsaturated/α-hetero) is 1. The number of halogens is 2. The van der Waals surface area contributed by atoms with Crippen LogP contribution in [0.2, 0.25) is 0 Å². The fourth-order valence-corrected chi connectivity index (χ4v) is 3.45. The minimum Gasteiger partial charge on any atom is -0.305 e. The number of ketones is 1. The summed E-state index contributed by atoms with van der Waals surface area (Å²) in [6, 6.07) is 3.35. The van der Waals surface area contributed by atoms with Crippen LogP contribution in [0.5, 0.6) is 0 Å². The van der Waals surface area contributed by atoms with E-state index in [2.05, 4.69) is 12.2 Å². The smallest absolute Gasteiger partial charge is 0.264 e. The van der Waals surface area contributed by atoms with Gasteiger partial charge < -0.3 is 5.32 Å². The van der Waals surface area contributed by atoms with Gasteiger partial charge in [-0.05, 0) is 62.8 Å². The number of carbonyl (C=O) groups excluding carboxylic acids is 1. The zero-order chi connectivity index (χ0) is 17.2. The molecule has 4 heteroatoms. The second-order valence-corrected chi connectivity index (χ2v) is 6.85. The molecule has 1 unspecified atom stereocenters. The van der Waals surface area contributed by atoms with Gasteiger partial charge in [-0.25, -0.2) is 8.78 Å². The van der Waals surface area contributed by atoms with Gasteiger partial charge in [-0.1, -0.05) is 13.8 Å². The SMILES string of the molecule is CCC(=O)c1cc(C(C)NC2(C)CCC2)cc(C(F)F)c1CC. The minimum atomic E-state index is -2.56. The summed E-state index contributed by atoms with van der Waals surface area (Å²) in [6.07, 6.45) is 1.63. The summed E-state index contributed by atoms with van der Waals surface area (Å²) < 4.78 is 27.0. The molecule has 1 atom stereocenters. The summed E-state index contributed by atoms with van der Waals surface area (Å²) in [4.78, 5) is 12.2. The van der Waals surface area contributed by atoms with Crippen molar-refractivity contribution in [3.63, 3.8) is 0 Å². The molecule has 2 nitrogen and oxygen atoms in total. The van der Waals surface area contributed by atoms with Gasteiger partial charge in [0.05, 0.1) is 0 Å². The lowest BCUT2D eigenvalue weighted by Crippen LogP contribution is -2.49. The van der Waals surface area contributed by atoms with Crippen LogP contribution in [0, 0.1) is 0 Å². The first-order valence-corrected chi connectivity index (χ1v) is 8.57. The van der Waals surface area contributed by atoms with Crippen molar-refractivity contribution < 1.29 is 13.6 Å². The lowest BCUT2D eigenvalue weighted by molar-refractivity contribution is 0.0986. The Labute approximate surface area is 137 Å². The maximum absolute atomic E-state index is 13.5. The molecule has 1 saturated carbocycles. The van der Waals surface area contributed by atoms with Crippen molar-refractivity contribution in [1.29, 1.82) is 0 Å². The first kappa shape index (κ1) is 18.1. The van der Waals surface area contributed by atoms with Gasteiger partial charge in [0.15, 0.2) is 5.78 Å². The van der Waals surface area contributed by atoms with E-state index in [1.807, 2.05) is 19.9 Å². The molecule has 1 N–H and O–H groups in total. The Balaban J connectivity index is 2.42. The molecule has 23 heavy (non-hydrogen) atoms. The Morgan fingerprint density at radius 3 is 2.39 bits per heavy atom. The quantitative estimate of drug-likeness (QED) is 0.683. The van der Waals surface area contributed by atoms with Gasteiger partial charge in [-0.3, -0.25) is 4.79 Å². The predicted molar refractivity (Wildman–Crippen MR) is 89.2 cm³/mol. The van der Waals surface area contributed by atoms with E-state index < -0.39 is 6.43 Å². The number of nitrogens with one attached hydrogen (secondary N) is 1. The van der Waals surface area contributed by atoms with Crippen molar-refractivity contribution in [2.24, 2.45) is 0 Å². The van der Waals surface area contributed by atoms with E-state index in [0.29, 0.717) is 24.0 Å². The Morgan fingerprint density at radius 2 is 1.96 bits per heavy atom. The van der Waals surface area contributed by atoms with Gasteiger partial charge >= 0.3 is 0 Å². The molecule has 0 saturated heterocycles. The number of carbonyl (C=O) groups is 1. The zero-order valence-electron chi connectivity index (χ0n) is 14.5. The number of alkyl halides is 2. The summed E-state index contributed by atoms with van der Waals surface area (Å²) in [5.74, 6) is -0.0624.